The predicted octanol–water partition coefficient (Wildman–Crippen LogP) is 3.69. The fourth-order valence-corrected chi connectivity index (χ4v) is 3.90. The molecule has 0 unspecified atom stereocenters. The summed E-state index contributed by atoms with van der Waals surface area (Å²) in [6, 6.07) is 9.62. The first-order valence-electron chi connectivity index (χ1n) is 8.43. The van der Waals surface area contributed by atoms with Crippen molar-refractivity contribution in [2.75, 3.05) is 12.9 Å². The van der Waals surface area contributed by atoms with Crippen molar-refractivity contribution in [2.24, 2.45) is 0 Å². The van der Waals surface area contributed by atoms with Gasteiger partial charge >= 0.3 is 0 Å². The van der Waals surface area contributed by atoms with E-state index in [1.165, 1.54) is 11.8 Å². The zero-order valence-electron chi connectivity index (χ0n) is 15.4. The summed E-state index contributed by atoms with van der Waals surface area (Å²) in [5.74, 6) is 1.13. The summed E-state index contributed by atoms with van der Waals surface area (Å²) in [6.07, 6.45) is 1.63. The molecular weight excluding hydrogens is 348 g/mol. The lowest BCUT2D eigenvalue weighted by Crippen LogP contribution is -2.07. The normalized spacial score (nSPS) is 10.9. The number of thioether (sulfide) groups is 1. The van der Waals surface area contributed by atoms with E-state index < -0.39 is 0 Å². The number of aryl methyl sites for hydroxylation is 1. The first-order chi connectivity index (χ1) is 12.6. The van der Waals surface area contributed by atoms with Gasteiger partial charge in [-0.3, -0.25) is 9.36 Å². The smallest absolute Gasteiger partial charge is 0.196 e. The Kier molecular flexibility index (Phi) is 5.46. The van der Waals surface area contributed by atoms with Gasteiger partial charge in [0.25, 0.3) is 0 Å². The monoisotopic (exact) mass is 370 g/mol. The standard InChI is InChI=1S/C19H22N4O2S/c1-5-22-13(2)10-15(14(22)3)17(24)11-26-19-21-20-12-23(19)16-8-6-7-9-18(16)25-4/h6-10,12H,5,11H2,1-4H3. The summed E-state index contributed by atoms with van der Waals surface area (Å²) in [5.41, 5.74) is 3.75. The molecule has 0 aliphatic carbocycles. The van der Waals surface area contributed by atoms with Crippen LogP contribution in [0.4, 0.5) is 0 Å². The van der Waals surface area contributed by atoms with Gasteiger partial charge in [0.05, 0.1) is 18.6 Å². The van der Waals surface area contributed by atoms with Crippen molar-refractivity contribution in [1.82, 2.24) is 19.3 Å². The minimum absolute atomic E-state index is 0.0948. The maximum Gasteiger partial charge on any atom is 0.196 e. The molecule has 0 aliphatic heterocycles. The summed E-state index contributed by atoms with van der Waals surface area (Å²) >= 11 is 1.38. The number of hydrogen-bond donors (Lipinski definition) is 0. The van der Waals surface area contributed by atoms with E-state index in [9.17, 15) is 4.79 Å². The van der Waals surface area contributed by atoms with Crippen LogP contribution in [0.2, 0.25) is 0 Å². The highest BCUT2D eigenvalue weighted by molar-refractivity contribution is 7.99. The summed E-state index contributed by atoms with van der Waals surface area (Å²) in [7, 11) is 1.63. The molecule has 3 rings (SSSR count). The first-order valence-corrected chi connectivity index (χ1v) is 9.41. The molecule has 136 valence electrons. The average molecular weight is 370 g/mol. The number of ketones is 1. The van der Waals surface area contributed by atoms with Crippen LogP contribution in [0.3, 0.4) is 0 Å². The molecule has 3 aromatic rings. The maximum atomic E-state index is 12.7. The number of benzene rings is 1. The number of hydrogen-bond acceptors (Lipinski definition) is 5. The number of nitrogens with zero attached hydrogens (tertiary/aromatic N) is 4. The molecule has 0 saturated heterocycles. The van der Waals surface area contributed by atoms with Crippen molar-refractivity contribution in [3.63, 3.8) is 0 Å². The number of methoxy groups -OCH3 is 1. The Morgan fingerprint density at radius 1 is 1.27 bits per heavy atom. The molecule has 2 aromatic heterocycles. The highest BCUT2D eigenvalue weighted by Gasteiger charge is 2.17. The Morgan fingerprint density at radius 3 is 2.73 bits per heavy atom. The van der Waals surface area contributed by atoms with E-state index in [1.807, 2.05) is 48.7 Å². The lowest BCUT2D eigenvalue weighted by Gasteiger charge is -2.10. The molecule has 0 amide bonds. The van der Waals surface area contributed by atoms with Crippen molar-refractivity contribution in [1.29, 1.82) is 0 Å². The second kappa shape index (κ2) is 7.78. The third-order valence-corrected chi connectivity index (χ3v) is 5.33. The number of para-hydroxylation sites is 2. The van der Waals surface area contributed by atoms with E-state index in [0.717, 1.165) is 34.9 Å². The van der Waals surface area contributed by atoms with Crippen molar-refractivity contribution in [3.05, 3.63) is 53.6 Å². The molecular formula is C19H22N4O2S. The van der Waals surface area contributed by atoms with E-state index in [1.54, 1.807) is 13.4 Å². The number of aromatic nitrogens is 4. The van der Waals surface area contributed by atoms with E-state index in [4.69, 9.17) is 4.74 Å². The number of carbonyl (C=O) groups excluding carboxylic acids is 1. The van der Waals surface area contributed by atoms with Gasteiger partial charge in [-0.15, -0.1) is 10.2 Å². The van der Waals surface area contributed by atoms with E-state index in [-0.39, 0.29) is 5.78 Å². The Bertz CT molecular complexity index is 930. The van der Waals surface area contributed by atoms with Crippen LogP contribution in [0.1, 0.15) is 28.7 Å². The Hall–Kier alpha value is -2.54. The Labute approximate surface area is 157 Å². The molecule has 0 spiro atoms. The molecule has 0 N–H and O–H groups in total. The van der Waals surface area contributed by atoms with Crippen LogP contribution < -0.4 is 4.74 Å². The van der Waals surface area contributed by atoms with Crippen LogP contribution >= 0.6 is 11.8 Å². The molecule has 7 heteroatoms. The van der Waals surface area contributed by atoms with E-state index in [0.29, 0.717) is 10.9 Å². The lowest BCUT2D eigenvalue weighted by atomic mass is 10.2. The molecule has 1 aromatic carbocycles. The number of carbonyl (C=O) groups is 1. The van der Waals surface area contributed by atoms with Crippen molar-refractivity contribution < 1.29 is 9.53 Å². The highest BCUT2D eigenvalue weighted by Crippen LogP contribution is 2.27. The molecule has 26 heavy (non-hydrogen) atoms. The van der Waals surface area contributed by atoms with Crippen molar-refractivity contribution in [2.45, 2.75) is 32.5 Å². The molecule has 2 heterocycles. The minimum Gasteiger partial charge on any atom is -0.495 e. The predicted molar refractivity (Wildman–Crippen MR) is 103 cm³/mol. The van der Waals surface area contributed by atoms with Gasteiger partial charge in [0.15, 0.2) is 10.9 Å². The first kappa shape index (κ1) is 18.3. The summed E-state index contributed by atoms with van der Waals surface area (Å²) < 4.78 is 9.40. The second-order valence-corrected chi connectivity index (χ2v) is 6.84. The Morgan fingerprint density at radius 2 is 2.04 bits per heavy atom. The van der Waals surface area contributed by atoms with Gasteiger partial charge in [-0.25, -0.2) is 0 Å². The van der Waals surface area contributed by atoms with Crippen LogP contribution in [0, 0.1) is 13.8 Å². The molecule has 0 radical (unpaired) electrons. The molecule has 0 saturated carbocycles. The van der Waals surface area contributed by atoms with Crippen LogP contribution in [0.15, 0.2) is 41.8 Å². The van der Waals surface area contributed by atoms with Gasteiger partial charge in [0.1, 0.15) is 12.1 Å². The van der Waals surface area contributed by atoms with Gasteiger partial charge in [-0.1, -0.05) is 23.9 Å². The molecule has 0 aliphatic rings. The van der Waals surface area contributed by atoms with Crippen molar-refractivity contribution >= 4 is 17.5 Å². The zero-order chi connectivity index (χ0) is 18.7. The quantitative estimate of drug-likeness (QED) is 0.469. The van der Waals surface area contributed by atoms with Gasteiger partial charge in [-0.2, -0.15) is 0 Å². The number of ether oxygens (including phenoxy) is 1. The molecule has 0 fully saturated rings. The van der Waals surface area contributed by atoms with Gasteiger partial charge in [0.2, 0.25) is 0 Å². The second-order valence-electron chi connectivity index (χ2n) is 5.90. The minimum atomic E-state index is 0.0948. The molecule has 0 atom stereocenters. The Balaban J connectivity index is 1.80. The lowest BCUT2D eigenvalue weighted by molar-refractivity contribution is 0.102. The van der Waals surface area contributed by atoms with Crippen molar-refractivity contribution in [3.8, 4) is 11.4 Å². The topological polar surface area (TPSA) is 61.9 Å². The molecule has 6 nitrogen and oxygen atoms in total. The van der Waals surface area contributed by atoms with Gasteiger partial charge in [0, 0.05) is 23.5 Å². The van der Waals surface area contributed by atoms with Gasteiger partial charge < -0.3 is 9.30 Å². The maximum absolute atomic E-state index is 12.7. The SMILES string of the molecule is CCn1c(C)cc(C(=O)CSc2nncn2-c2ccccc2OC)c1C. The van der Waals surface area contributed by atoms with Crippen LogP contribution in [0.5, 0.6) is 5.75 Å². The number of Topliss-reactive ketones (excluding diaryl/α,β-unsaturated/α-hetero) is 1. The number of rotatable bonds is 7. The average Bonchev–Trinajstić information content (AvgIpc) is 3.23. The zero-order valence-corrected chi connectivity index (χ0v) is 16.2. The summed E-state index contributed by atoms with van der Waals surface area (Å²) in [6.45, 7) is 6.96. The molecule has 0 bridgehead atoms. The van der Waals surface area contributed by atoms with Crippen LogP contribution in [-0.2, 0) is 6.54 Å². The summed E-state index contributed by atoms with van der Waals surface area (Å²) in [5, 5.41) is 8.81. The fraction of sp³-hybridized carbons (Fsp3) is 0.316. The summed E-state index contributed by atoms with van der Waals surface area (Å²) in [4.78, 5) is 12.7. The fourth-order valence-electron chi connectivity index (χ4n) is 3.09. The van der Waals surface area contributed by atoms with E-state index >= 15 is 0 Å². The third kappa shape index (κ3) is 3.39. The van der Waals surface area contributed by atoms with Crippen LogP contribution in [0.25, 0.3) is 5.69 Å². The van der Waals surface area contributed by atoms with Crippen LogP contribution in [-0.4, -0.2) is 38.0 Å². The van der Waals surface area contributed by atoms with E-state index in [2.05, 4.69) is 21.7 Å². The van der Waals surface area contributed by atoms with Gasteiger partial charge in [-0.05, 0) is 39.0 Å². The largest absolute Gasteiger partial charge is 0.495 e. The highest BCUT2D eigenvalue weighted by atomic mass is 32.2. The third-order valence-electron chi connectivity index (χ3n) is 4.38.